The molecule has 7 heteroatoms. The lowest BCUT2D eigenvalue weighted by molar-refractivity contribution is 0.210. The summed E-state index contributed by atoms with van der Waals surface area (Å²) in [4.78, 5) is 11.3. The molecule has 0 spiro atoms. The summed E-state index contributed by atoms with van der Waals surface area (Å²) in [6.45, 7) is 4.31. The number of ether oxygens (including phenoxy) is 1. The van der Waals surface area contributed by atoms with Gasteiger partial charge in [-0.2, -0.15) is 0 Å². The topological polar surface area (TPSA) is 55.2 Å². The predicted molar refractivity (Wildman–Crippen MR) is 150 cm³/mol. The van der Waals surface area contributed by atoms with E-state index in [1.807, 2.05) is 30.6 Å². The van der Waals surface area contributed by atoms with E-state index in [0.717, 1.165) is 47.0 Å². The van der Waals surface area contributed by atoms with Crippen molar-refractivity contribution < 1.29 is 4.74 Å². The van der Waals surface area contributed by atoms with Gasteiger partial charge in [0.15, 0.2) is 5.11 Å². The van der Waals surface area contributed by atoms with E-state index in [-0.39, 0.29) is 12.1 Å². The van der Waals surface area contributed by atoms with Crippen molar-refractivity contribution in [1.82, 2.24) is 19.9 Å². The molecule has 1 saturated carbocycles. The standard InChI is InChI=1S/C30H31N5OS/c1-20-18-26(21(2)34(20)23-8-7-16-31-19-23)29-28(27-11-5-6-17-32-27)33-30(37)35(29)22-12-14-25(15-13-22)36-24-9-3-4-10-24/h5-8,11-19,24,28-29H,3-4,9-10H2,1-2H3,(H,33,37)/t28-,29-/m1/s1. The smallest absolute Gasteiger partial charge is 0.174 e. The molecule has 1 saturated heterocycles. The number of aryl methyl sites for hydroxylation is 1. The number of pyridine rings is 2. The molecule has 1 aromatic carbocycles. The molecule has 0 radical (unpaired) electrons. The average Bonchev–Trinajstić information content (AvgIpc) is 3.63. The number of nitrogens with zero attached hydrogens (tertiary/aromatic N) is 4. The number of hydrogen-bond donors (Lipinski definition) is 1. The van der Waals surface area contributed by atoms with E-state index in [4.69, 9.17) is 21.9 Å². The Balaban J connectivity index is 1.41. The first-order chi connectivity index (χ1) is 18.1. The van der Waals surface area contributed by atoms with Gasteiger partial charge < -0.3 is 19.5 Å². The van der Waals surface area contributed by atoms with Gasteiger partial charge in [0.05, 0.1) is 35.8 Å². The highest BCUT2D eigenvalue weighted by Gasteiger charge is 2.42. The van der Waals surface area contributed by atoms with E-state index in [2.05, 4.69) is 76.1 Å². The van der Waals surface area contributed by atoms with E-state index in [1.165, 1.54) is 18.4 Å². The Labute approximate surface area is 223 Å². The average molecular weight is 510 g/mol. The van der Waals surface area contributed by atoms with Gasteiger partial charge >= 0.3 is 0 Å². The van der Waals surface area contributed by atoms with Crippen molar-refractivity contribution in [2.45, 2.75) is 57.7 Å². The summed E-state index contributed by atoms with van der Waals surface area (Å²) in [7, 11) is 0. The first-order valence-electron chi connectivity index (χ1n) is 13.0. The minimum atomic E-state index is -0.0917. The fourth-order valence-corrected chi connectivity index (χ4v) is 6.15. The van der Waals surface area contributed by atoms with Crippen LogP contribution < -0.4 is 15.0 Å². The van der Waals surface area contributed by atoms with Crippen LogP contribution in [0.1, 0.15) is 60.4 Å². The molecule has 0 unspecified atom stereocenters. The molecule has 1 N–H and O–H groups in total. The maximum absolute atomic E-state index is 6.22. The van der Waals surface area contributed by atoms with E-state index in [1.54, 1.807) is 6.20 Å². The monoisotopic (exact) mass is 509 g/mol. The third-order valence-electron chi connectivity index (χ3n) is 7.51. The second kappa shape index (κ2) is 9.98. The molecule has 2 atom stereocenters. The first-order valence-corrected chi connectivity index (χ1v) is 13.4. The fraction of sp³-hybridized carbons (Fsp3) is 0.300. The van der Waals surface area contributed by atoms with Gasteiger partial charge in [-0.3, -0.25) is 9.97 Å². The summed E-state index contributed by atoms with van der Waals surface area (Å²) in [6, 6.07) is 20.6. The zero-order chi connectivity index (χ0) is 25.4. The number of hydrogen-bond acceptors (Lipinski definition) is 4. The number of rotatable bonds is 6. The molecule has 1 aliphatic heterocycles. The van der Waals surface area contributed by atoms with E-state index in [0.29, 0.717) is 11.2 Å². The molecule has 37 heavy (non-hydrogen) atoms. The van der Waals surface area contributed by atoms with Crippen LogP contribution in [-0.2, 0) is 0 Å². The second-order valence-corrected chi connectivity index (χ2v) is 10.3. The summed E-state index contributed by atoms with van der Waals surface area (Å²) in [5.74, 6) is 0.918. The van der Waals surface area contributed by atoms with Crippen LogP contribution in [-0.4, -0.2) is 25.8 Å². The van der Waals surface area contributed by atoms with Crippen LogP contribution >= 0.6 is 12.2 Å². The van der Waals surface area contributed by atoms with E-state index < -0.39 is 0 Å². The van der Waals surface area contributed by atoms with Gasteiger partial charge in [0, 0.05) is 29.5 Å². The van der Waals surface area contributed by atoms with Gasteiger partial charge in [0.2, 0.25) is 0 Å². The highest BCUT2D eigenvalue weighted by Crippen LogP contribution is 2.44. The molecule has 4 heterocycles. The van der Waals surface area contributed by atoms with Gasteiger partial charge in [0.25, 0.3) is 0 Å². The lowest BCUT2D eigenvalue weighted by atomic mass is 9.96. The Hall–Kier alpha value is -3.71. The molecule has 0 amide bonds. The number of aromatic nitrogens is 3. The molecule has 1 aliphatic carbocycles. The minimum Gasteiger partial charge on any atom is -0.490 e. The van der Waals surface area contributed by atoms with Gasteiger partial charge in [-0.05, 0) is 112 Å². The quantitative estimate of drug-likeness (QED) is 0.304. The highest BCUT2D eigenvalue weighted by atomic mass is 32.1. The van der Waals surface area contributed by atoms with Crippen LogP contribution in [0.4, 0.5) is 5.69 Å². The summed E-state index contributed by atoms with van der Waals surface area (Å²) in [5.41, 5.74) is 6.56. The molecule has 0 bridgehead atoms. The van der Waals surface area contributed by atoms with Crippen LogP contribution in [0.3, 0.4) is 0 Å². The second-order valence-electron chi connectivity index (χ2n) is 9.89. The number of thiocarbonyl (C=S) groups is 1. The number of nitrogens with one attached hydrogen (secondary N) is 1. The number of benzene rings is 1. The molecular formula is C30H31N5OS. The minimum absolute atomic E-state index is 0.0689. The Bertz CT molecular complexity index is 1380. The van der Waals surface area contributed by atoms with Gasteiger partial charge in [0.1, 0.15) is 5.75 Å². The van der Waals surface area contributed by atoms with Crippen LogP contribution in [0.5, 0.6) is 5.75 Å². The van der Waals surface area contributed by atoms with Crippen molar-refractivity contribution >= 4 is 23.0 Å². The molecule has 2 fully saturated rings. The molecule has 4 aromatic rings. The van der Waals surface area contributed by atoms with Crippen LogP contribution in [0.15, 0.2) is 79.3 Å². The third kappa shape index (κ3) is 4.48. The molecule has 6 rings (SSSR count). The Morgan fingerprint density at radius 2 is 1.76 bits per heavy atom. The summed E-state index contributed by atoms with van der Waals surface area (Å²) in [6.07, 6.45) is 10.7. The lowest BCUT2D eigenvalue weighted by Crippen LogP contribution is -2.29. The van der Waals surface area contributed by atoms with E-state index in [9.17, 15) is 0 Å². The maximum atomic E-state index is 6.22. The Morgan fingerprint density at radius 3 is 2.46 bits per heavy atom. The Kier molecular flexibility index (Phi) is 6.38. The fourth-order valence-electron chi connectivity index (χ4n) is 5.80. The highest BCUT2D eigenvalue weighted by molar-refractivity contribution is 7.80. The molecule has 3 aromatic heterocycles. The molecular weight excluding hydrogens is 478 g/mol. The van der Waals surface area contributed by atoms with Gasteiger partial charge in [-0.1, -0.05) is 6.07 Å². The predicted octanol–water partition coefficient (Wildman–Crippen LogP) is 6.38. The van der Waals surface area contributed by atoms with Crippen molar-refractivity contribution in [2.24, 2.45) is 0 Å². The van der Waals surface area contributed by atoms with Crippen molar-refractivity contribution in [2.75, 3.05) is 4.90 Å². The largest absolute Gasteiger partial charge is 0.490 e. The summed E-state index contributed by atoms with van der Waals surface area (Å²) < 4.78 is 8.48. The molecule has 2 aliphatic rings. The summed E-state index contributed by atoms with van der Waals surface area (Å²) >= 11 is 5.94. The normalized spacial score (nSPS) is 19.8. The number of anilines is 1. The van der Waals surface area contributed by atoms with Crippen LogP contribution in [0.2, 0.25) is 0 Å². The van der Waals surface area contributed by atoms with Crippen molar-refractivity contribution in [3.8, 4) is 11.4 Å². The molecule has 6 nitrogen and oxygen atoms in total. The maximum Gasteiger partial charge on any atom is 0.174 e. The van der Waals surface area contributed by atoms with Crippen LogP contribution in [0.25, 0.3) is 5.69 Å². The van der Waals surface area contributed by atoms with Gasteiger partial charge in [-0.15, -0.1) is 0 Å². The zero-order valence-corrected chi connectivity index (χ0v) is 22.0. The first kappa shape index (κ1) is 23.7. The Morgan fingerprint density at radius 1 is 0.946 bits per heavy atom. The summed E-state index contributed by atoms with van der Waals surface area (Å²) in [5, 5.41) is 4.27. The molecule has 188 valence electrons. The van der Waals surface area contributed by atoms with Gasteiger partial charge in [-0.25, -0.2) is 0 Å². The zero-order valence-electron chi connectivity index (χ0n) is 21.2. The van der Waals surface area contributed by atoms with Crippen molar-refractivity contribution in [1.29, 1.82) is 0 Å². The van der Waals surface area contributed by atoms with Crippen molar-refractivity contribution in [3.05, 3.63) is 102 Å². The SMILES string of the molecule is Cc1cc([C@@H]2[C@@H](c3ccccn3)NC(=S)N2c2ccc(OC3CCCC3)cc2)c(C)n1-c1cccnc1. The van der Waals surface area contributed by atoms with E-state index >= 15 is 0 Å². The van der Waals surface area contributed by atoms with Crippen molar-refractivity contribution in [3.63, 3.8) is 0 Å². The third-order valence-corrected chi connectivity index (χ3v) is 7.83. The van der Waals surface area contributed by atoms with Crippen LogP contribution in [0, 0.1) is 13.8 Å². The lowest BCUT2D eigenvalue weighted by Gasteiger charge is -2.28.